The number of hydrogen-bond acceptors (Lipinski definition) is 5. The molecule has 0 aliphatic heterocycles. The number of rotatable bonds is 3. The highest BCUT2D eigenvalue weighted by Crippen LogP contribution is 2.22. The number of nitrogens with zero attached hydrogens (tertiary/aromatic N) is 1. The van der Waals surface area contributed by atoms with Crippen LogP contribution in [0.1, 0.15) is 25.7 Å². The van der Waals surface area contributed by atoms with E-state index in [2.05, 4.69) is 4.98 Å². The maximum absolute atomic E-state index is 11.1. The Morgan fingerprint density at radius 3 is 2.56 bits per heavy atom. The van der Waals surface area contributed by atoms with Crippen molar-refractivity contribution in [2.75, 3.05) is 0 Å². The van der Waals surface area contributed by atoms with Crippen LogP contribution in [0, 0.1) is 0 Å². The predicted molar refractivity (Wildman–Crippen MR) is 66.5 cm³/mol. The van der Waals surface area contributed by atoms with Crippen LogP contribution in [0.4, 0.5) is 0 Å². The molecule has 0 aromatic carbocycles. The third-order valence-electron chi connectivity index (χ3n) is 3.06. The van der Waals surface area contributed by atoms with Crippen molar-refractivity contribution in [1.82, 2.24) is 4.98 Å². The van der Waals surface area contributed by atoms with Gasteiger partial charge < -0.3 is 10.5 Å². The number of sulfonamides is 1. The van der Waals surface area contributed by atoms with Crippen molar-refractivity contribution in [2.24, 2.45) is 10.9 Å². The molecule has 18 heavy (non-hydrogen) atoms. The second-order valence-electron chi connectivity index (χ2n) is 4.48. The van der Waals surface area contributed by atoms with Crippen molar-refractivity contribution in [3.63, 3.8) is 0 Å². The van der Waals surface area contributed by atoms with E-state index in [0.29, 0.717) is 5.88 Å². The van der Waals surface area contributed by atoms with Crippen LogP contribution < -0.4 is 15.6 Å². The number of primary sulfonamides is 1. The minimum Gasteiger partial charge on any atom is -0.473 e. The molecular formula is C11H17N3O3S. The lowest BCUT2D eigenvalue weighted by Gasteiger charge is -2.28. The first kappa shape index (κ1) is 13.3. The molecule has 0 amide bonds. The smallest absolute Gasteiger partial charge is 0.239 e. The number of hydrogen-bond donors (Lipinski definition) is 2. The Hall–Kier alpha value is -1.18. The van der Waals surface area contributed by atoms with Gasteiger partial charge in [-0.3, -0.25) is 0 Å². The van der Waals surface area contributed by atoms with E-state index in [0.717, 1.165) is 25.7 Å². The first-order valence-electron chi connectivity index (χ1n) is 5.88. The SMILES string of the molecule is NC1CCCCC1Oc1ccc(S(N)(=O)=O)cn1. The predicted octanol–water partition coefficient (Wildman–Crippen LogP) is 0.378. The molecule has 4 N–H and O–H groups in total. The molecule has 100 valence electrons. The van der Waals surface area contributed by atoms with E-state index < -0.39 is 10.0 Å². The van der Waals surface area contributed by atoms with E-state index in [1.807, 2.05) is 0 Å². The van der Waals surface area contributed by atoms with E-state index in [9.17, 15) is 8.42 Å². The van der Waals surface area contributed by atoms with Crippen molar-refractivity contribution in [3.05, 3.63) is 18.3 Å². The van der Waals surface area contributed by atoms with Gasteiger partial charge in [-0.05, 0) is 25.3 Å². The Morgan fingerprint density at radius 2 is 2.00 bits per heavy atom. The Kier molecular flexibility index (Phi) is 3.84. The average Bonchev–Trinajstić information content (AvgIpc) is 2.32. The van der Waals surface area contributed by atoms with Crippen LogP contribution in [-0.2, 0) is 10.0 Å². The largest absolute Gasteiger partial charge is 0.473 e. The molecule has 1 aromatic rings. The molecule has 6 nitrogen and oxygen atoms in total. The summed E-state index contributed by atoms with van der Waals surface area (Å²) in [5, 5.41) is 4.98. The van der Waals surface area contributed by atoms with E-state index in [4.69, 9.17) is 15.6 Å². The van der Waals surface area contributed by atoms with Crippen molar-refractivity contribution in [1.29, 1.82) is 0 Å². The summed E-state index contributed by atoms with van der Waals surface area (Å²) in [6, 6.07) is 2.89. The van der Waals surface area contributed by atoms with Crippen molar-refractivity contribution >= 4 is 10.0 Å². The van der Waals surface area contributed by atoms with Crippen LogP contribution in [0.2, 0.25) is 0 Å². The zero-order chi connectivity index (χ0) is 13.2. The lowest BCUT2D eigenvalue weighted by molar-refractivity contribution is 0.126. The average molecular weight is 271 g/mol. The van der Waals surface area contributed by atoms with Gasteiger partial charge in [-0.2, -0.15) is 0 Å². The first-order chi connectivity index (χ1) is 8.47. The minimum atomic E-state index is -3.71. The van der Waals surface area contributed by atoms with Gasteiger partial charge in [0.2, 0.25) is 15.9 Å². The molecule has 1 aromatic heterocycles. The minimum absolute atomic E-state index is 0.0125. The number of aromatic nitrogens is 1. The highest BCUT2D eigenvalue weighted by atomic mass is 32.2. The molecule has 0 saturated heterocycles. The fraction of sp³-hybridized carbons (Fsp3) is 0.545. The van der Waals surface area contributed by atoms with E-state index in [1.165, 1.54) is 18.3 Å². The second-order valence-corrected chi connectivity index (χ2v) is 6.04. The molecule has 0 spiro atoms. The first-order valence-corrected chi connectivity index (χ1v) is 7.42. The molecular weight excluding hydrogens is 254 g/mol. The molecule has 0 radical (unpaired) electrons. The van der Waals surface area contributed by atoms with E-state index in [-0.39, 0.29) is 17.0 Å². The van der Waals surface area contributed by atoms with Gasteiger partial charge in [0.25, 0.3) is 0 Å². The quantitative estimate of drug-likeness (QED) is 0.826. The Bertz CT molecular complexity index is 501. The van der Waals surface area contributed by atoms with Crippen LogP contribution in [0.15, 0.2) is 23.2 Å². The fourth-order valence-corrected chi connectivity index (χ4v) is 2.49. The van der Waals surface area contributed by atoms with Gasteiger partial charge in [0.05, 0.1) is 6.20 Å². The van der Waals surface area contributed by atoms with Crippen LogP contribution in [0.25, 0.3) is 0 Å². The molecule has 1 heterocycles. The highest BCUT2D eigenvalue weighted by molar-refractivity contribution is 7.89. The van der Waals surface area contributed by atoms with Gasteiger partial charge in [-0.1, -0.05) is 6.42 Å². The van der Waals surface area contributed by atoms with Crippen molar-refractivity contribution < 1.29 is 13.2 Å². The summed E-state index contributed by atoms with van der Waals surface area (Å²) in [5.74, 6) is 0.379. The summed E-state index contributed by atoms with van der Waals surface area (Å²) < 4.78 is 27.8. The topological polar surface area (TPSA) is 108 Å². The molecule has 2 rings (SSSR count). The third kappa shape index (κ3) is 3.18. The molecule has 1 fully saturated rings. The molecule has 2 atom stereocenters. The van der Waals surface area contributed by atoms with Gasteiger partial charge >= 0.3 is 0 Å². The Balaban J connectivity index is 2.06. The second kappa shape index (κ2) is 5.21. The zero-order valence-corrected chi connectivity index (χ0v) is 10.8. The maximum Gasteiger partial charge on any atom is 0.239 e. The molecule has 1 aliphatic rings. The van der Waals surface area contributed by atoms with Gasteiger partial charge in [0, 0.05) is 12.1 Å². The monoisotopic (exact) mass is 271 g/mol. The number of nitrogens with two attached hydrogens (primary N) is 2. The van der Waals surface area contributed by atoms with E-state index >= 15 is 0 Å². The fourth-order valence-electron chi connectivity index (χ4n) is 2.03. The number of ether oxygens (including phenoxy) is 1. The maximum atomic E-state index is 11.1. The van der Waals surface area contributed by atoms with Gasteiger partial charge in [0.1, 0.15) is 11.0 Å². The van der Waals surface area contributed by atoms with Crippen LogP contribution in [-0.4, -0.2) is 25.5 Å². The molecule has 2 unspecified atom stereocenters. The Morgan fingerprint density at radius 1 is 1.28 bits per heavy atom. The van der Waals surface area contributed by atoms with Crippen molar-refractivity contribution in [2.45, 2.75) is 42.7 Å². The lowest BCUT2D eigenvalue weighted by Crippen LogP contribution is -2.41. The van der Waals surface area contributed by atoms with E-state index in [1.54, 1.807) is 0 Å². The summed E-state index contributed by atoms with van der Waals surface area (Å²) in [6.07, 6.45) is 5.21. The molecule has 7 heteroatoms. The van der Waals surface area contributed by atoms with Crippen molar-refractivity contribution in [3.8, 4) is 5.88 Å². The molecule has 1 aliphatic carbocycles. The summed E-state index contributed by atoms with van der Waals surface area (Å²) in [7, 11) is -3.71. The third-order valence-corrected chi connectivity index (χ3v) is 3.96. The summed E-state index contributed by atoms with van der Waals surface area (Å²) in [6.45, 7) is 0. The van der Waals surface area contributed by atoms with Crippen LogP contribution >= 0.6 is 0 Å². The highest BCUT2D eigenvalue weighted by Gasteiger charge is 2.23. The normalized spacial score (nSPS) is 24.8. The summed E-state index contributed by atoms with van der Waals surface area (Å²) >= 11 is 0. The van der Waals surface area contributed by atoms with Crippen LogP contribution in [0.5, 0.6) is 5.88 Å². The van der Waals surface area contributed by atoms with Gasteiger partial charge in [0.15, 0.2) is 0 Å². The molecule has 0 bridgehead atoms. The van der Waals surface area contributed by atoms with Crippen LogP contribution in [0.3, 0.4) is 0 Å². The Labute approximate surface area is 106 Å². The standard InChI is InChI=1S/C11H17N3O3S/c12-9-3-1-2-4-10(9)17-11-6-5-8(7-14-11)18(13,15)16/h5-7,9-10H,1-4,12H2,(H2,13,15,16). The summed E-state index contributed by atoms with van der Waals surface area (Å²) in [5.41, 5.74) is 5.96. The lowest BCUT2D eigenvalue weighted by atomic mass is 9.93. The van der Waals surface area contributed by atoms with Gasteiger partial charge in [-0.25, -0.2) is 18.5 Å². The zero-order valence-electron chi connectivity index (χ0n) is 9.95. The number of pyridine rings is 1. The van der Waals surface area contributed by atoms with Gasteiger partial charge in [-0.15, -0.1) is 0 Å². The summed E-state index contributed by atoms with van der Waals surface area (Å²) in [4.78, 5) is 3.91. The molecule has 1 saturated carbocycles.